The smallest absolute Gasteiger partial charge is 0.0314 e. The summed E-state index contributed by atoms with van der Waals surface area (Å²) in [5, 5.41) is 0. The molecule has 0 aromatic rings. The normalized spacial score (nSPS) is 17.0. The Morgan fingerprint density at radius 2 is 1.42 bits per heavy atom. The molecule has 0 aromatic heterocycles. The van der Waals surface area contributed by atoms with Crippen molar-refractivity contribution in [2.45, 2.75) is 44.6 Å². The molecule has 0 aliphatic heterocycles. The average Bonchev–Trinajstić information content (AvgIpc) is 2.58. The lowest BCUT2D eigenvalue weighted by molar-refractivity contribution is 0.305. The summed E-state index contributed by atoms with van der Waals surface area (Å²) in [4.78, 5) is 0. The molecule has 2 nitrogen and oxygen atoms in total. The van der Waals surface area contributed by atoms with E-state index in [1.54, 1.807) is 0 Å². The van der Waals surface area contributed by atoms with E-state index in [1.165, 1.54) is 32.1 Å². The van der Waals surface area contributed by atoms with E-state index >= 15 is 0 Å². The number of hydrogen-bond acceptors (Lipinski definition) is 2. The molecule has 1 fully saturated rings. The summed E-state index contributed by atoms with van der Waals surface area (Å²) in [6.07, 6.45) is 15.2. The molecule has 0 saturated heterocycles. The van der Waals surface area contributed by atoms with E-state index < -0.39 is 0 Å². The highest BCUT2D eigenvalue weighted by Crippen LogP contribution is 2.27. The van der Waals surface area contributed by atoms with Crippen molar-refractivity contribution in [1.82, 2.24) is 0 Å². The molecular weight excluding hydrogens is 292 g/mol. The Morgan fingerprint density at radius 1 is 0.875 bits per heavy atom. The molecule has 1 aliphatic carbocycles. The van der Waals surface area contributed by atoms with Gasteiger partial charge in [0, 0.05) is 11.7 Å². The largest absolute Gasteiger partial charge is 0.399 e. The minimum Gasteiger partial charge on any atom is -0.399 e. The molecule has 0 amide bonds. The topological polar surface area (TPSA) is 52.0 Å². The van der Waals surface area contributed by atoms with Crippen molar-refractivity contribution in [3.63, 3.8) is 0 Å². The third-order valence-electron chi connectivity index (χ3n) is 4.66. The second-order valence-electron chi connectivity index (χ2n) is 6.61. The van der Waals surface area contributed by atoms with Crippen LogP contribution in [-0.2, 0) is 0 Å². The maximum atomic E-state index is 6.31. The first-order valence-corrected chi connectivity index (χ1v) is 8.64. The Morgan fingerprint density at radius 3 is 2.00 bits per heavy atom. The highest BCUT2D eigenvalue weighted by atomic mass is 14.6. The van der Waals surface area contributed by atoms with Gasteiger partial charge >= 0.3 is 0 Å². The highest BCUT2D eigenvalue weighted by molar-refractivity contribution is 5.50. The van der Waals surface area contributed by atoms with Gasteiger partial charge in [0.15, 0.2) is 0 Å². The summed E-state index contributed by atoms with van der Waals surface area (Å²) < 4.78 is 0. The Hall–Kier alpha value is -2.06. The van der Waals surface area contributed by atoms with Crippen LogP contribution in [0.2, 0.25) is 0 Å². The third-order valence-corrected chi connectivity index (χ3v) is 4.66. The summed E-state index contributed by atoms with van der Waals surface area (Å²) in [6.45, 7) is 19.5. The quantitative estimate of drug-likeness (QED) is 0.580. The minimum absolute atomic E-state index is 0.247. The van der Waals surface area contributed by atoms with Crippen LogP contribution in [0.3, 0.4) is 0 Å². The molecule has 0 aromatic carbocycles. The van der Waals surface area contributed by atoms with Crippen molar-refractivity contribution in [2.75, 3.05) is 0 Å². The van der Waals surface area contributed by atoms with E-state index in [0.717, 1.165) is 23.1 Å². The van der Waals surface area contributed by atoms with Crippen molar-refractivity contribution in [1.29, 1.82) is 0 Å². The standard InChI is InChI=1S/C22H32N2/c1-16(17(2)14-15-18(3)19(4)20(5)23)10-9-13-22(24)21-11-7-6-8-12-21/h9-10,14-15,21-22H,1-8,11-13,23-24H2. The van der Waals surface area contributed by atoms with E-state index in [1.807, 2.05) is 18.2 Å². The maximum absolute atomic E-state index is 6.31. The first-order valence-electron chi connectivity index (χ1n) is 8.64. The first kappa shape index (κ1) is 20.0. The number of allylic oxidation sites excluding steroid dienone is 6. The SMILES string of the molecule is C=C(N)C(=C)C(=C)C=CC(=C)C(=C)C=CCC(N)C1CCCCC1. The third kappa shape index (κ3) is 6.59. The van der Waals surface area contributed by atoms with Crippen LogP contribution >= 0.6 is 0 Å². The Balaban J connectivity index is 2.45. The van der Waals surface area contributed by atoms with Gasteiger partial charge in [-0.2, -0.15) is 0 Å². The fourth-order valence-electron chi connectivity index (χ4n) is 2.84. The lowest BCUT2D eigenvalue weighted by Crippen LogP contribution is -2.30. The molecular formula is C22H32N2. The molecule has 4 N–H and O–H groups in total. The fourth-order valence-corrected chi connectivity index (χ4v) is 2.84. The van der Waals surface area contributed by atoms with Gasteiger partial charge in [-0.3, -0.25) is 0 Å². The van der Waals surface area contributed by atoms with E-state index in [2.05, 4.69) is 39.0 Å². The minimum atomic E-state index is 0.247. The molecule has 24 heavy (non-hydrogen) atoms. The van der Waals surface area contributed by atoms with Crippen LogP contribution in [-0.4, -0.2) is 6.04 Å². The Kier molecular flexibility index (Phi) is 8.28. The van der Waals surface area contributed by atoms with Crippen LogP contribution in [0, 0.1) is 5.92 Å². The zero-order valence-electron chi connectivity index (χ0n) is 14.9. The van der Waals surface area contributed by atoms with Crippen molar-refractivity contribution < 1.29 is 0 Å². The molecule has 1 rings (SSSR count). The molecule has 1 aliphatic rings. The van der Waals surface area contributed by atoms with Gasteiger partial charge in [0.2, 0.25) is 0 Å². The monoisotopic (exact) mass is 324 g/mol. The van der Waals surface area contributed by atoms with Crippen LogP contribution in [0.5, 0.6) is 0 Å². The lowest BCUT2D eigenvalue weighted by Gasteiger charge is -2.26. The second-order valence-corrected chi connectivity index (χ2v) is 6.61. The zero-order chi connectivity index (χ0) is 18.1. The molecule has 1 saturated carbocycles. The van der Waals surface area contributed by atoms with Crippen LogP contribution in [0.4, 0.5) is 0 Å². The van der Waals surface area contributed by atoms with Crippen molar-refractivity contribution in [3.8, 4) is 0 Å². The average molecular weight is 325 g/mol. The van der Waals surface area contributed by atoms with Crippen LogP contribution in [0.25, 0.3) is 0 Å². The maximum Gasteiger partial charge on any atom is 0.0314 e. The molecule has 2 heteroatoms. The first-order chi connectivity index (χ1) is 11.3. The van der Waals surface area contributed by atoms with E-state index in [0.29, 0.717) is 17.2 Å². The zero-order valence-corrected chi connectivity index (χ0v) is 14.9. The lowest BCUT2D eigenvalue weighted by atomic mass is 9.83. The van der Waals surface area contributed by atoms with Crippen LogP contribution in [0.1, 0.15) is 38.5 Å². The van der Waals surface area contributed by atoms with E-state index in [4.69, 9.17) is 11.5 Å². The molecule has 0 spiro atoms. The molecule has 0 bridgehead atoms. The Bertz CT molecular complexity index is 569. The van der Waals surface area contributed by atoms with E-state index in [-0.39, 0.29) is 6.04 Å². The van der Waals surface area contributed by atoms with Crippen LogP contribution < -0.4 is 11.5 Å². The second kappa shape index (κ2) is 9.94. The van der Waals surface area contributed by atoms with Crippen molar-refractivity contribution in [2.24, 2.45) is 17.4 Å². The van der Waals surface area contributed by atoms with Crippen molar-refractivity contribution >= 4 is 0 Å². The summed E-state index contributed by atoms with van der Waals surface area (Å²) in [5.41, 5.74) is 15.4. The van der Waals surface area contributed by atoms with Gasteiger partial charge < -0.3 is 11.5 Å². The Labute approximate surface area is 147 Å². The van der Waals surface area contributed by atoms with Crippen LogP contribution in [0.15, 0.2) is 85.2 Å². The molecule has 1 atom stereocenters. The van der Waals surface area contributed by atoms with Gasteiger partial charge in [-0.1, -0.05) is 76.5 Å². The summed E-state index contributed by atoms with van der Waals surface area (Å²) in [5.74, 6) is 0.665. The summed E-state index contributed by atoms with van der Waals surface area (Å²) in [6, 6.07) is 0.247. The fraction of sp³-hybridized carbons (Fsp3) is 0.364. The van der Waals surface area contributed by atoms with Gasteiger partial charge in [0.25, 0.3) is 0 Å². The van der Waals surface area contributed by atoms with Gasteiger partial charge in [0.05, 0.1) is 0 Å². The van der Waals surface area contributed by atoms with Crippen molar-refractivity contribution in [3.05, 3.63) is 85.2 Å². The van der Waals surface area contributed by atoms with Gasteiger partial charge in [-0.15, -0.1) is 0 Å². The number of hydrogen-bond donors (Lipinski definition) is 2. The van der Waals surface area contributed by atoms with Gasteiger partial charge in [-0.05, 0) is 47.5 Å². The predicted octanol–water partition coefficient (Wildman–Crippen LogP) is 5.09. The number of rotatable bonds is 9. The highest BCUT2D eigenvalue weighted by Gasteiger charge is 2.19. The van der Waals surface area contributed by atoms with Gasteiger partial charge in [-0.25, -0.2) is 0 Å². The summed E-state index contributed by atoms with van der Waals surface area (Å²) >= 11 is 0. The molecule has 0 heterocycles. The van der Waals surface area contributed by atoms with Gasteiger partial charge in [0.1, 0.15) is 0 Å². The number of nitrogens with two attached hydrogens (primary N) is 2. The molecule has 1 unspecified atom stereocenters. The van der Waals surface area contributed by atoms with E-state index in [9.17, 15) is 0 Å². The predicted molar refractivity (Wildman–Crippen MR) is 107 cm³/mol. The molecule has 130 valence electrons. The molecule has 0 radical (unpaired) electrons. The summed E-state index contributed by atoms with van der Waals surface area (Å²) in [7, 11) is 0.